The largest absolute Gasteiger partial charge is 0.497 e. The van der Waals surface area contributed by atoms with Crippen LogP contribution in [0.2, 0.25) is 0 Å². The fraction of sp³-hybridized carbons (Fsp3) is 0.462. The van der Waals surface area contributed by atoms with E-state index in [-0.39, 0.29) is 5.91 Å². The molecule has 1 amide bonds. The van der Waals surface area contributed by atoms with Gasteiger partial charge in [0.15, 0.2) is 0 Å². The maximum absolute atomic E-state index is 12.1. The summed E-state index contributed by atoms with van der Waals surface area (Å²) in [5.41, 5.74) is 6.80. The molecule has 94 valence electrons. The van der Waals surface area contributed by atoms with Gasteiger partial charge in [0.2, 0.25) is 0 Å². The summed E-state index contributed by atoms with van der Waals surface area (Å²) < 4.78 is 5.09. The fourth-order valence-electron chi connectivity index (χ4n) is 1.55. The molecular formula is C13H20N2O2. The quantitative estimate of drug-likeness (QED) is 0.797. The van der Waals surface area contributed by atoms with Crippen molar-refractivity contribution in [2.75, 3.05) is 26.4 Å². The number of unbranched alkanes of at least 4 members (excludes halogenated alkanes) is 1. The van der Waals surface area contributed by atoms with Gasteiger partial charge in [-0.15, -0.1) is 0 Å². The number of amides is 1. The van der Waals surface area contributed by atoms with Crippen LogP contribution in [0, 0.1) is 0 Å². The Morgan fingerprint density at radius 2 is 2.18 bits per heavy atom. The van der Waals surface area contributed by atoms with Crippen molar-refractivity contribution in [2.24, 2.45) is 0 Å². The third-order valence-corrected chi connectivity index (χ3v) is 2.68. The minimum Gasteiger partial charge on any atom is -0.497 e. The highest BCUT2D eigenvalue weighted by molar-refractivity contribution is 5.99. The van der Waals surface area contributed by atoms with Gasteiger partial charge in [0, 0.05) is 19.3 Å². The van der Waals surface area contributed by atoms with Gasteiger partial charge >= 0.3 is 0 Å². The number of ether oxygens (including phenoxy) is 1. The van der Waals surface area contributed by atoms with E-state index in [1.807, 2.05) is 0 Å². The van der Waals surface area contributed by atoms with Crippen LogP contribution in [0.25, 0.3) is 0 Å². The molecule has 0 aliphatic heterocycles. The first-order valence-electron chi connectivity index (χ1n) is 5.79. The SMILES string of the molecule is CCCCN(C)C(=O)c1cc(OC)ccc1N. The van der Waals surface area contributed by atoms with Gasteiger partial charge in [-0.05, 0) is 24.6 Å². The Morgan fingerprint density at radius 1 is 1.47 bits per heavy atom. The van der Waals surface area contributed by atoms with Crippen LogP contribution in [-0.2, 0) is 0 Å². The number of hydrogen-bond acceptors (Lipinski definition) is 3. The standard InChI is InChI=1S/C13H20N2O2/c1-4-5-8-15(2)13(16)11-9-10(17-3)6-7-12(11)14/h6-7,9H,4-5,8,14H2,1-3H3. The van der Waals surface area contributed by atoms with Crippen molar-refractivity contribution in [3.8, 4) is 5.75 Å². The number of hydrogen-bond donors (Lipinski definition) is 1. The van der Waals surface area contributed by atoms with E-state index in [1.165, 1.54) is 0 Å². The predicted molar refractivity (Wildman–Crippen MR) is 69.3 cm³/mol. The van der Waals surface area contributed by atoms with Crippen molar-refractivity contribution in [1.82, 2.24) is 4.90 Å². The first-order chi connectivity index (χ1) is 8.10. The molecule has 0 saturated heterocycles. The number of rotatable bonds is 5. The molecule has 0 unspecified atom stereocenters. The lowest BCUT2D eigenvalue weighted by Gasteiger charge is -2.18. The Labute approximate surface area is 102 Å². The fourth-order valence-corrected chi connectivity index (χ4v) is 1.55. The summed E-state index contributed by atoms with van der Waals surface area (Å²) in [6.07, 6.45) is 2.05. The van der Waals surface area contributed by atoms with Crippen molar-refractivity contribution < 1.29 is 9.53 Å². The van der Waals surface area contributed by atoms with Crippen LogP contribution in [0.5, 0.6) is 5.75 Å². The number of anilines is 1. The molecule has 0 fully saturated rings. The average Bonchev–Trinajstić information content (AvgIpc) is 2.35. The molecule has 17 heavy (non-hydrogen) atoms. The number of methoxy groups -OCH3 is 1. The van der Waals surface area contributed by atoms with Crippen LogP contribution < -0.4 is 10.5 Å². The molecule has 0 aromatic heterocycles. The molecule has 0 aliphatic carbocycles. The maximum atomic E-state index is 12.1. The van der Waals surface area contributed by atoms with Crippen molar-refractivity contribution in [3.63, 3.8) is 0 Å². The monoisotopic (exact) mass is 236 g/mol. The molecule has 2 N–H and O–H groups in total. The van der Waals surface area contributed by atoms with E-state index in [4.69, 9.17) is 10.5 Å². The summed E-state index contributed by atoms with van der Waals surface area (Å²) in [6.45, 7) is 2.84. The molecule has 0 spiro atoms. The van der Waals surface area contributed by atoms with Crippen LogP contribution >= 0.6 is 0 Å². The van der Waals surface area contributed by atoms with Gasteiger partial charge in [0.05, 0.1) is 12.7 Å². The summed E-state index contributed by atoms with van der Waals surface area (Å²) in [5.74, 6) is 0.585. The second-order valence-electron chi connectivity index (χ2n) is 4.03. The van der Waals surface area contributed by atoms with E-state index >= 15 is 0 Å². The lowest BCUT2D eigenvalue weighted by molar-refractivity contribution is 0.0794. The number of nitrogens with two attached hydrogens (primary N) is 1. The topological polar surface area (TPSA) is 55.6 Å². The lowest BCUT2D eigenvalue weighted by Crippen LogP contribution is -2.28. The Hall–Kier alpha value is -1.71. The van der Waals surface area contributed by atoms with E-state index in [0.717, 1.165) is 19.4 Å². The number of nitrogens with zero attached hydrogens (tertiary/aromatic N) is 1. The highest BCUT2D eigenvalue weighted by Crippen LogP contribution is 2.20. The van der Waals surface area contributed by atoms with Gasteiger partial charge < -0.3 is 15.4 Å². The first-order valence-corrected chi connectivity index (χ1v) is 5.79. The second kappa shape index (κ2) is 6.13. The first kappa shape index (κ1) is 13.4. The van der Waals surface area contributed by atoms with Crippen molar-refractivity contribution in [3.05, 3.63) is 23.8 Å². The average molecular weight is 236 g/mol. The molecule has 0 saturated carbocycles. The molecule has 1 rings (SSSR count). The Kier molecular flexibility index (Phi) is 4.82. The summed E-state index contributed by atoms with van der Waals surface area (Å²) in [6, 6.07) is 5.12. The van der Waals surface area contributed by atoms with Gasteiger partial charge in [-0.3, -0.25) is 4.79 Å². The van der Waals surface area contributed by atoms with Crippen LogP contribution in [0.3, 0.4) is 0 Å². The van der Waals surface area contributed by atoms with Crippen LogP contribution in [-0.4, -0.2) is 31.5 Å². The van der Waals surface area contributed by atoms with Crippen molar-refractivity contribution in [2.45, 2.75) is 19.8 Å². The highest BCUT2D eigenvalue weighted by atomic mass is 16.5. The van der Waals surface area contributed by atoms with Gasteiger partial charge in [-0.2, -0.15) is 0 Å². The highest BCUT2D eigenvalue weighted by Gasteiger charge is 2.15. The van der Waals surface area contributed by atoms with Crippen LogP contribution in [0.15, 0.2) is 18.2 Å². The Bertz CT molecular complexity index is 391. The minimum atomic E-state index is -0.0603. The Balaban J connectivity index is 2.87. The second-order valence-corrected chi connectivity index (χ2v) is 4.03. The van der Waals surface area contributed by atoms with E-state index in [2.05, 4.69) is 6.92 Å². The normalized spacial score (nSPS) is 10.1. The number of carbonyl (C=O) groups excluding carboxylic acids is 1. The van der Waals surface area contributed by atoms with Gasteiger partial charge in [0.1, 0.15) is 5.75 Å². The van der Waals surface area contributed by atoms with Crippen LogP contribution in [0.4, 0.5) is 5.69 Å². The summed E-state index contributed by atoms with van der Waals surface area (Å²) in [5, 5.41) is 0. The Morgan fingerprint density at radius 3 is 2.76 bits per heavy atom. The number of nitrogen functional groups attached to an aromatic ring is 1. The number of benzene rings is 1. The number of carbonyl (C=O) groups is 1. The van der Waals surface area contributed by atoms with Gasteiger partial charge in [0.25, 0.3) is 5.91 Å². The van der Waals surface area contributed by atoms with Crippen molar-refractivity contribution >= 4 is 11.6 Å². The molecule has 4 nitrogen and oxygen atoms in total. The maximum Gasteiger partial charge on any atom is 0.255 e. The molecule has 0 bridgehead atoms. The zero-order chi connectivity index (χ0) is 12.8. The van der Waals surface area contributed by atoms with Crippen LogP contribution in [0.1, 0.15) is 30.1 Å². The van der Waals surface area contributed by atoms with E-state index in [1.54, 1.807) is 37.3 Å². The molecule has 1 aromatic carbocycles. The van der Waals surface area contributed by atoms with E-state index in [0.29, 0.717) is 17.0 Å². The summed E-state index contributed by atoms with van der Waals surface area (Å²) >= 11 is 0. The molecule has 0 heterocycles. The van der Waals surface area contributed by atoms with Gasteiger partial charge in [-0.25, -0.2) is 0 Å². The third kappa shape index (κ3) is 3.37. The smallest absolute Gasteiger partial charge is 0.255 e. The molecule has 0 radical (unpaired) electrons. The molecule has 4 heteroatoms. The molecule has 0 aliphatic rings. The molecule has 0 atom stereocenters. The van der Waals surface area contributed by atoms with Crippen molar-refractivity contribution in [1.29, 1.82) is 0 Å². The minimum absolute atomic E-state index is 0.0603. The summed E-state index contributed by atoms with van der Waals surface area (Å²) in [4.78, 5) is 13.8. The summed E-state index contributed by atoms with van der Waals surface area (Å²) in [7, 11) is 3.36. The van der Waals surface area contributed by atoms with E-state index < -0.39 is 0 Å². The molecular weight excluding hydrogens is 216 g/mol. The van der Waals surface area contributed by atoms with E-state index in [9.17, 15) is 4.79 Å². The predicted octanol–water partition coefficient (Wildman–Crippen LogP) is 2.15. The zero-order valence-corrected chi connectivity index (χ0v) is 10.7. The lowest BCUT2D eigenvalue weighted by atomic mass is 10.1. The zero-order valence-electron chi connectivity index (χ0n) is 10.7. The molecule has 1 aromatic rings. The third-order valence-electron chi connectivity index (χ3n) is 2.68. The van der Waals surface area contributed by atoms with Gasteiger partial charge in [-0.1, -0.05) is 13.3 Å².